The molecule has 5 N–H and O–H groups in total. The van der Waals surface area contributed by atoms with Crippen molar-refractivity contribution in [3.05, 3.63) is 81.6 Å². The fourth-order valence-electron chi connectivity index (χ4n) is 4.25. The lowest BCUT2D eigenvalue weighted by Gasteiger charge is -2.22. The number of nitrogens with zero attached hydrogens (tertiary/aromatic N) is 4. The van der Waals surface area contributed by atoms with Crippen molar-refractivity contribution in [2.45, 2.75) is 25.9 Å². The smallest absolute Gasteiger partial charge is 0.333 e. The number of pyridine rings is 1. The van der Waals surface area contributed by atoms with Crippen molar-refractivity contribution in [1.82, 2.24) is 14.3 Å². The zero-order valence-corrected chi connectivity index (χ0v) is 22.8. The number of nitrogens with one attached hydrogen (secondary N) is 1. The number of benzene rings is 2. The number of aromatic nitrogens is 3. The molecule has 1 amide bonds. The summed E-state index contributed by atoms with van der Waals surface area (Å²) in [4.78, 5) is 26.6. The lowest BCUT2D eigenvalue weighted by Crippen LogP contribution is -2.32. The number of carbonyl (C=O) groups is 1. The minimum atomic E-state index is -2.79. The summed E-state index contributed by atoms with van der Waals surface area (Å²) in [5, 5.41) is 8.46. The van der Waals surface area contributed by atoms with E-state index in [2.05, 4.69) is 10.4 Å². The Hall–Kier alpha value is -4.13. The van der Waals surface area contributed by atoms with Gasteiger partial charge in [0.2, 0.25) is 5.91 Å². The van der Waals surface area contributed by atoms with Crippen LogP contribution >= 0.6 is 23.2 Å². The van der Waals surface area contributed by atoms with Gasteiger partial charge in [-0.2, -0.15) is 13.9 Å². The van der Waals surface area contributed by atoms with E-state index in [1.54, 1.807) is 31.2 Å². The van der Waals surface area contributed by atoms with Gasteiger partial charge in [0.05, 0.1) is 30.7 Å². The van der Waals surface area contributed by atoms with Crippen molar-refractivity contribution in [2.75, 3.05) is 17.4 Å². The molecule has 0 aliphatic heterocycles. The normalized spacial score (nSPS) is 12.6. The molecule has 4 aromatic rings. The van der Waals surface area contributed by atoms with E-state index in [0.29, 0.717) is 43.1 Å². The topological polar surface area (TPSA) is 133 Å². The van der Waals surface area contributed by atoms with Gasteiger partial charge in [-0.15, -0.1) is 0 Å². The number of halogens is 4. The summed E-state index contributed by atoms with van der Waals surface area (Å²) >= 11 is 12.0. The van der Waals surface area contributed by atoms with E-state index < -0.39 is 24.1 Å². The van der Waals surface area contributed by atoms with Crippen molar-refractivity contribution in [3.8, 4) is 16.9 Å². The molecule has 0 radical (unpaired) electrons. The Morgan fingerprint density at radius 2 is 1.95 bits per heavy atom. The largest absolute Gasteiger partial charge is 0.495 e. The maximum absolute atomic E-state index is 13.3. The third kappa shape index (κ3) is 6.03. The molecule has 0 spiro atoms. The molecule has 0 aliphatic carbocycles. The molecular weight excluding hydrogens is 567 g/mol. The lowest BCUT2D eigenvalue weighted by atomic mass is 10.0. The molecule has 14 heteroatoms. The highest BCUT2D eigenvalue weighted by molar-refractivity contribution is 6.31. The van der Waals surface area contributed by atoms with Gasteiger partial charge in [0.1, 0.15) is 16.9 Å². The lowest BCUT2D eigenvalue weighted by molar-refractivity contribution is -0.119. The molecule has 0 aliphatic rings. The highest BCUT2D eigenvalue weighted by Gasteiger charge is 2.23. The number of ether oxygens (including phenoxy) is 1. The molecule has 1 atom stereocenters. The first-order valence-electron chi connectivity index (χ1n) is 11.9. The van der Waals surface area contributed by atoms with E-state index in [4.69, 9.17) is 39.5 Å². The SMILES string of the molecule is CCC(C(=O)Nc1ccc2nn(C(F)F)cc2c1)n1cc(OC)c(-c2cc(Cl)ccc2N(N)/C=C(\N)Cl)cc1=O. The molecule has 40 heavy (non-hydrogen) atoms. The van der Waals surface area contributed by atoms with Crippen LogP contribution in [0.5, 0.6) is 5.75 Å². The number of amides is 1. The summed E-state index contributed by atoms with van der Waals surface area (Å²) in [6.07, 6.45) is 4.16. The van der Waals surface area contributed by atoms with Gasteiger partial charge in [0.15, 0.2) is 0 Å². The predicted octanol–water partition coefficient (Wildman–Crippen LogP) is 5.19. The summed E-state index contributed by atoms with van der Waals surface area (Å²) in [6.45, 7) is -1.04. The standard InChI is InChI=1S/C26H25Cl2F2N7O3/c1-3-20(25(39)33-16-5-6-19-14(8-16)11-37(34-19)26(29)30)35-12-22(40-2)18(10-24(35)38)17-9-15(27)4-7-21(17)36(32)13-23(28)31/h4-13,20,26H,3,31-32H2,1-2H3,(H,33,39)/b23-13-. The molecule has 2 aromatic carbocycles. The minimum absolute atomic E-state index is 0.0652. The molecule has 1 unspecified atom stereocenters. The molecule has 10 nitrogen and oxygen atoms in total. The van der Waals surface area contributed by atoms with Crippen LogP contribution in [0.25, 0.3) is 22.0 Å². The minimum Gasteiger partial charge on any atom is -0.495 e. The Morgan fingerprint density at radius 3 is 2.60 bits per heavy atom. The molecule has 210 valence electrons. The summed E-state index contributed by atoms with van der Waals surface area (Å²) < 4.78 is 33.3. The summed E-state index contributed by atoms with van der Waals surface area (Å²) in [6, 6.07) is 9.83. The first-order valence-corrected chi connectivity index (χ1v) is 12.6. The second-order valence-electron chi connectivity index (χ2n) is 8.66. The molecule has 0 saturated carbocycles. The number of hydrogen-bond acceptors (Lipinski definition) is 7. The van der Waals surface area contributed by atoms with Crippen LogP contribution in [0.1, 0.15) is 25.9 Å². The number of alkyl halides is 2. The Bertz CT molecular complexity index is 1650. The van der Waals surface area contributed by atoms with Gasteiger partial charge < -0.3 is 15.8 Å². The molecular formula is C26H25Cl2F2N7O3. The fourth-order valence-corrected chi connectivity index (χ4v) is 4.53. The van der Waals surface area contributed by atoms with E-state index in [9.17, 15) is 18.4 Å². The number of methoxy groups -OCH3 is 1. The van der Waals surface area contributed by atoms with E-state index in [1.807, 2.05) is 0 Å². The van der Waals surface area contributed by atoms with Gasteiger partial charge >= 0.3 is 6.55 Å². The van der Waals surface area contributed by atoms with Crippen molar-refractivity contribution in [2.24, 2.45) is 11.6 Å². The molecule has 0 saturated heterocycles. The van der Waals surface area contributed by atoms with Gasteiger partial charge in [0.25, 0.3) is 5.56 Å². The third-order valence-electron chi connectivity index (χ3n) is 6.07. The maximum atomic E-state index is 13.3. The van der Waals surface area contributed by atoms with Crippen molar-refractivity contribution in [1.29, 1.82) is 0 Å². The molecule has 0 bridgehead atoms. The van der Waals surface area contributed by atoms with Crippen LogP contribution in [0.3, 0.4) is 0 Å². The van der Waals surface area contributed by atoms with Gasteiger partial charge in [-0.3, -0.25) is 19.2 Å². The number of fused-ring (bicyclic) bond motifs is 1. The Kier molecular flexibility index (Phi) is 8.62. The molecule has 2 heterocycles. The van der Waals surface area contributed by atoms with Crippen LogP contribution in [0.4, 0.5) is 20.2 Å². The van der Waals surface area contributed by atoms with Crippen LogP contribution in [-0.4, -0.2) is 27.4 Å². The van der Waals surface area contributed by atoms with Gasteiger partial charge in [0, 0.05) is 39.5 Å². The number of carbonyl (C=O) groups excluding carboxylic acids is 1. The average Bonchev–Trinajstić information content (AvgIpc) is 3.33. The third-order valence-corrected chi connectivity index (χ3v) is 6.40. The van der Waals surface area contributed by atoms with Crippen LogP contribution in [0, 0.1) is 0 Å². The summed E-state index contributed by atoms with van der Waals surface area (Å²) in [7, 11) is 1.42. The Labute approximate surface area is 237 Å². The average molecular weight is 592 g/mol. The highest BCUT2D eigenvalue weighted by atomic mass is 35.5. The van der Waals surface area contributed by atoms with Crippen LogP contribution in [-0.2, 0) is 4.79 Å². The number of rotatable bonds is 9. The number of nitrogens with two attached hydrogens (primary N) is 2. The monoisotopic (exact) mass is 591 g/mol. The predicted molar refractivity (Wildman–Crippen MR) is 151 cm³/mol. The summed E-state index contributed by atoms with van der Waals surface area (Å²) in [5.74, 6) is 5.89. The van der Waals surface area contributed by atoms with E-state index >= 15 is 0 Å². The zero-order chi connectivity index (χ0) is 29.1. The van der Waals surface area contributed by atoms with Gasteiger partial charge in [-0.05, 0) is 42.8 Å². The van der Waals surface area contributed by atoms with E-state index in [1.165, 1.54) is 53.5 Å². The second kappa shape index (κ2) is 11.9. The quantitative estimate of drug-likeness (QED) is 0.138. The maximum Gasteiger partial charge on any atom is 0.333 e. The van der Waals surface area contributed by atoms with Crippen molar-refractivity contribution >= 4 is 51.4 Å². The molecule has 0 fully saturated rings. The second-order valence-corrected chi connectivity index (χ2v) is 9.53. The van der Waals surface area contributed by atoms with Crippen molar-refractivity contribution in [3.63, 3.8) is 0 Å². The van der Waals surface area contributed by atoms with Crippen molar-refractivity contribution < 1.29 is 18.3 Å². The van der Waals surface area contributed by atoms with E-state index in [0.717, 1.165) is 0 Å². The fraction of sp³-hybridized carbons (Fsp3) is 0.192. The first-order chi connectivity index (χ1) is 19.0. The van der Waals surface area contributed by atoms with Crippen LogP contribution < -0.4 is 32.2 Å². The molecule has 4 rings (SSSR count). The Morgan fingerprint density at radius 1 is 1.20 bits per heavy atom. The summed E-state index contributed by atoms with van der Waals surface area (Å²) in [5.41, 5.74) is 7.03. The number of hydrazine groups is 1. The van der Waals surface area contributed by atoms with Gasteiger partial charge in [-0.25, -0.2) is 10.5 Å². The van der Waals surface area contributed by atoms with E-state index in [-0.39, 0.29) is 17.3 Å². The zero-order valence-electron chi connectivity index (χ0n) is 21.3. The molecule has 2 aromatic heterocycles. The van der Waals surface area contributed by atoms with Crippen LogP contribution in [0.2, 0.25) is 5.02 Å². The van der Waals surface area contributed by atoms with Crippen LogP contribution in [0.15, 0.2) is 71.0 Å². The first kappa shape index (κ1) is 28.9. The number of anilines is 2. The highest BCUT2D eigenvalue weighted by Crippen LogP contribution is 2.37. The van der Waals surface area contributed by atoms with Gasteiger partial charge in [-0.1, -0.05) is 30.1 Å². The Balaban J connectivity index is 1.70. The number of hydrogen-bond donors (Lipinski definition) is 3.